The predicted octanol–water partition coefficient (Wildman–Crippen LogP) is 3.15. The quantitative estimate of drug-likeness (QED) is 0.835. The average molecular weight is 290 g/mol. The van der Waals surface area contributed by atoms with E-state index in [9.17, 15) is 0 Å². The molecule has 0 aliphatic carbocycles. The highest BCUT2D eigenvalue weighted by molar-refractivity contribution is 5.28. The normalized spacial score (nSPS) is 18.1. The van der Waals surface area contributed by atoms with Gasteiger partial charge in [-0.15, -0.1) is 0 Å². The molecule has 1 aromatic carbocycles. The van der Waals surface area contributed by atoms with E-state index in [0.29, 0.717) is 12.1 Å². The van der Waals surface area contributed by atoms with Crippen LogP contribution in [-0.2, 0) is 4.74 Å². The van der Waals surface area contributed by atoms with Gasteiger partial charge in [0.1, 0.15) is 0 Å². The number of nitrogens with one attached hydrogen (secondary N) is 1. The standard InChI is InChI=1S/C18H30N2O/c1-4-19-18(17-8-6-5-7-15(17)2)9-12-20(3)16-10-13-21-14-11-16/h5-8,16,18-19H,4,9-14H2,1-3H3. The van der Waals surface area contributed by atoms with Crippen LogP contribution in [-0.4, -0.2) is 44.3 Å². The van der Waals surface area contributed by atoms with Gasteiger partial charge in [-0.05, 0) is 57.5 Å². The fourth-order valence-electron chi connectivity index (χ4n) is 3.23. The van der Waals surface area contributed by atoms with Crippen molar-refractivity contribution < 1.29 is 4.74 Å². The molecule has 0 saturated carbocycles. The van der Waals surface area contributed by atoms with Crippen LogP contribution in [0.1, 0.15) is 43.4 Å². The zero-order valence-corrected chi connectivity index (χ0v) is 13.8. The molecule has 1 N–H and O–H groups in total. The number of hydrogen-bond acceptors (Lipinski definition) is 3. The molecule has 1 saturated heterocycles. The highest BCUT2D eigenvalue weighted by Gasteiger charge is 2.20. The van der Waals surface area contributed by atoms with Gasteiger partial charge in [-0.1, -0.05) is 31.2 Å². The second-order valence-electron chi connectivity index (χ2n) is 6.08. The van der Waals surface area contributed by atoms with Crippen LogP contribution < -0.4 is 5.32 Å². The van der Waals surface area contributed by atoms with Gasteiger partial charge in [0, 0.05) is 25.3 Å². The summed E-state index contributed by atoms with van der Waals surface area (Å²) in [6, 6.07) is 9.89. The van der Waals surface area contributed by atoms with Gasteiger partial charge in [0.2, 0.25) is 0 Å². The number of rotatable bonds is 7. The van der Waals surface area contributed by atoms with Crippen molar-refractivity contribution in [1.82, 2.24) is 10.2 Å². The summed E-state index contributed by atoms with van der Waals surface area (Å²) >= 11 is 0. The molecule has 21 heavy (non-hydrogen) atoms. The van der Waals surface area contributed by atoms with Crippen molar-refractivity contribution in [2.45, 2.75) is 45.2 Å². The summed E-state index contributed by atoms with van der Waals surface area (Å²) in [5.41, 5.74) is 2.83. The SMILES string of the molecule is CCNC(CCN(C)C1CCOCC1)c1ccccc1C. The lowest BCUT2D eigenvalue weighted by Gasteiger charge is -2.32. The number of benzene rings is 1. The molecular formula is C18H30N2O. The van der Waals surface area contributed by atoms with Gasteiger partial charge in [0.25, 0.3) is 0 Å². The lowest BCUT2D eigenvalue weighted by Crippen LogP contribution is -2.38. The Morgan fingerprint density at radius 2 is 2.00 bits per heavy atom. The van der Waals surface area contributed by atoms with Crippen LogP contribution in [0.25, 0.3) is 0 Å². The highest BCUT2D eigenvalue weighted by atomic mass is 16.5. The minimum Gasteiger partial charge on any atom is -0.381 e. The van der Waals surface area contributed by atoms with Crippen LogP contribution in [0.3, 0.4) is 0 Å². The first-order valence-corrected chi connectivity index (χ1v) is 8.29. The molecule has 118 valence electrons. The average Bonchev–Trinajstić information content (AvgIpc) is 2.53. The van der Waals surface area contributed by atoms with Crippen molar-refractivity contribution in [3.63, 3.8) is 0 Å². The van der Waals surface area contributed by atoms with E-state index >= 15 is 0 Å². The molecule has 1 aliphatic heterocycles. The Hall–Kier alpha value is -0.900. The maximum atomic E-state index is 5.46. The largest absolute Gasteiger partial charge is 0.381 e. The van der Waals surface area contributed by atoms with E-state index in [1.165, 1.54) is 24.0 Å². The van der Waals surface area contributed by atoms with E-state index in [-0.39, 0.29) is 0 Å². The molecule has 0 radical (unpaired) electrons. The van der Waals surface area contributed by atoms with Gasteiger partial charge in [-0.3, -0.25) is 0 Å². The van der Waals surface area contributed by atoms with Gasteiger partial charge >= 0.3 is 0 Å². The third-order valence-electron chi connectivity index (χ3n) is 4.60. The lowest BCUT2D eigenvalue weighted by molar-refractivity contribution is 0.0419. The zero-order chi connectivity index (χ0) is 15.1. The van der Waals surface area contributed by atoms with Gasteiger partial charge in [0.15, 0.2) is 0 Å². The summed E-state index contributed by atoms with van der Waals surface area (Å²) in [5.74, 6) is 0. The molecule has 1 heterocycles. The minimum atomic E-state index is 0.457. The Morgan fingerprint density at radius 3 is 2.67 bits per heavy atom. The summed E-state index contributed by atoms with van der Waals surface area (Å²) in [6.07, 6.45) is 3.51. The Kier molecular flexibility index (Phi) is 6.68. The summed E-state index contributed by atoms with van der Waals surface area (Å²) in [5, 5.41) is 3.65. The van der Waals surface area contributed by atoms with Gasteiger partial charge in [0.05, 0.1) is 0 Å². The number of hydrogen-bond donors (Lipinski definition) is 1. The fraction of sp³-hybridized carbons (Fsp3) is 0.667. The van der Waals surface area contributed by atoms with Crippen LogP contribution >= 0.6 is 0 Å². The second kappa shape index (κ2) is 8.52. The number of aryl methyl sites for hydroxylation is 1. The zero-order valence-electron chi connectivity index (χ0n) is 13.8. The third kappa shape index (κ3) is 4.80. The molecule has 0 amide bonds. The van der Waals surface area contributed by atoms with E-state index in [4.69, 9.17) is 4.74 Å². The van der Waals surface area contributed by atoms with Gasteiger partial charge in [-0.25, -0.2) is 0 Å². The van der Waals surface area contributed by atoms with Crippen LogP contribution in [0.5, 0.6) is 0 Å². The molecule has 1 aromatic rings. The van der Waals surface area contributed by atoms with Gasteiger partial charge < -0.3 is 15.0 Å². The molecule has 0 aromatic heterocycles. The first-order valence-electron chi connectivity index (χ1n) is 8.29. The first kappa shape index (κ1) is 16.5. The maximum absolute atomic E-state index is 5.46. The number of nitrogens with zero attached hydrogens (tertiary/aromatic N) is 1. The molecule has 1 aliphatic rings. The molecule has 1 atom stereocenters. The molecular weight excluding hydrogens is 260 g/mol. The van der Waals surface area contributed by atoms with E-state index in [1.54, 1.807) is 0 Å². The topological polar surface area (TPSA) is 24.5 Å². The Morgan fingerprint density at radius 1 is 1.29 bits per heavy atom. The predicted molar refractivity (Wildman–Crippen MR) is 88.7 cm³/mol. The molecule has 3 nitrogen and oxygen atoms in total. The van der Waals surface area contributed by atoms with E-state index < -0.39 is 0 Å². The maximum Gasteiger partial charge on any atom is 0.0480 e. The third-order valence-corrected chi connectivity index (χ3v) is 4.60. The summed E-state index contributed by atoms with van der Waals surface area (Å²) in [4.78, 5) is 2.52. The van der Waals surface area contributed by atoms with Crippen molar-refractivity contribution in [2.24, 2.45) is 0 Å². The summed E-state index contributed by atoms with van der Waals surface area (Å²) < 4.78 is 5.46. The fourth-order valence-corrected chi connectivity index (χ4v) is 3.23. The molecule has 3 heteroatoms. The van der Waals surface area contributed by atoms with Crippen LogP contribution in [0, 0.1) is 6.92 Å². The Labute approximate surface area is 129 Å². The van der Waals surface area contributed by atoms with Crippen molar-refractivity contribution >= 4 is 0 Å². The van der Waals surface area contributed by atoms with Crippen LogP contribution in [0.2, 0.25) is 0 Å². The van der Waals surface area contributed by atoms with Crippen molar-refractivity contribution in [3.05, 3.63) is 35.4 Å². The molecule has 1 fully saturated rings. The lowest BCUT2D eigenvalue weighted by atomic mass is 9.98. The molecule has 0 bridgehead atoms. The van der Waals surface area contributed by atoms with Crippen molar-refractivity contribution in [1.29, 1.82) is 0 Å². The van der Waals surface area contributed by atoms with Gasteiger partial charge in [-0.2, -0.15) is 0 Å². The monoisotopic (exact) mass is 290 g/mol. The Bertz CT molecular complexity index is 415. The molecule has 2 rings (SSSR count). The van der Waals surface area contributed by atoms with Crippen LogP contribution in [0.4, 0.5) is 0 Å². The van der Waals surface area contributed by atoms with Crippen molar-refractivity contribution in [3.8, 4) is 0 Å². The van der Waals surface area contributed by atoms with E-state index in [1.807, 2.05) is 0 Å². The number of ether oxygens (including phenoxy) is 1. The summed E-state index contributed by atoms with van der Waals surface area (Å²) in [6.45, 7) is 8.39. The van der Waals surface area contributed by atoms with E-state index in [0.717, 1.165) is 32.7 Å². The Balaban J connectivity index is 1.92. The summed E-state index contributed by atoms with van der Waals surface area (Å²) in [7, 11) is 2.26. The molecule has 0 spiro atoms. The van der Waals surface area contributed by atoms with E-state index in [2.05, 4.69) is 55.4 Å². The van der Waals surface area contributed by atoms with Crippen molar-refractivity contribution in [2.75, 3.05) is 33.4 Å². The minimum absolute atomic E-state index is 0.457. The smallest absolute Gasteiger partial charge is 0.0480 e. The highest BCUT2D eigenvalue weighted by Crippen LogP contribution is 2.22. The van der Waals surface area contributed by atoms with Crippen LogP contribution in [0.15, 0.2) is 24.3 Å². The second-order valence-corrected chi connectivity index (χ2v) is 6.08. The first-order chi connectivity index (χ1) is 10.2. The molecule has 1 unspecified atom stereocenters.